The lowest BCUT2D eigenvalue weighted by Crippen LogP contribution is -2.75. The van der Waals surface area contributed by atoms with Crippen LogP contribution in [-0.2, 0) is 26.3 Å². The van der Waals surface area contributed by atoms with E-state index in [1.807, 2.05) is 0 Å². The van der Waals surface area contributed by atoms with Crippen LogP contribution < -0.4 is 5.73 Å². The first-order valence-electron chi connectivity index (χ1n) is 24.0. The molecule has 7 nitrogen and oxygen atoms in total. The molecular formula is C51H71N3O4. The highest BCUT2D eigenvalue weighted by Gasteiger charge is 2.91. The van der Waals surface area contributed by atoms with Gasteiger partial charge >= 0.3 is 11.9 Å². The number of nitrogens with zero attached hydrogens (tertiary/aromatic N) is 2. The average molecular weight is 790 g/mol. The van der Waals surface area contributed by atoms with E-state index in [2.05, 4.69) is 73.9 Å². The predicted octanol–water partition coefficient (Wildman–Crippen LogP) is 9.71. The van der Waals surface area contributed by atoms with Gasteiger partial charge < -0.3 is 20.1 Å². The van der Waals surface area contributed by atoms with E-state index in [0.717, 1.165) is 99.7 Å². The Bertz CT molecular complexity index is 1880. The number of hydrogen-bond acceptors (Lipinski definition) is 7. The molecular weight excluding hydrogens is 719 g/mol. The third-order valence-electron chi connectivity index (χ3n) is 17.4. The Morgan fingerprint density at radius 2 is 1.74 bits per heavy atom. The monoisotopic (exact) mass is 790 g/mol. The third-order valence-corrected chi connectivity index (χ3v) is 17.4. The number of piperidine rings is 2. The van der Waals surface area contributed by atoms with Gasteiger partial charge in [0.15, 0.2) is 5.60 Å². The maximum Gasteiger partial charge on any atom is 0.339 e. The molecule has 8 heterocycles. The number of carbonyl (C=O) groups is 2. The van der Waals surface area contributed by atoms with Gasteiger partial charge in [-0.25, -0.2) is 4.79 Å². The Morgan fingerprint density at radius 3 is 2.50 bits per heavy atom. The molecule has 12 aliphatic rings. The number of ether oxygens (including phenoxy) is 2. The number of fused-ring (bicyclic) bond motifs is 2. The van der Waals surface area contributed by atoms with Gasteiger partial charge in [-0.05, 0) is 124 Å². The molecule has 0 aromatic heterocycles. The molecule has 2 spiro atoms. The second-order valence-electron chi connectivity index (χ2n) is 21.5. The van der Waals surface area contributed by atoms with Gasteiger partial charge in [0, 0.05) is 55.3 Å². The summed E-state index contributed by atoms with van der Waals surface area (Å²) in [6, 6.07) is 6.85. The molecule has 58 heavy (non-hydrogen) atoms. The number of carbonyl (C=O) groups excluding carboxylic acids is 2. The summed E-state index contributed by atoms with van der Waals surface area (Å²) in [6.45, 7) is 14.6. The van der Waals surface area contributed by atoms with E-state index in [9.17, 15) is 4.79 Å². The van der Waals surface area contributed by atoms with Gasteiger partial charge in [0.2, 0.25) is 0 Å². The first-order chi connectivity index (χ1) is 28.1. The Hall–Kier alpha value is -2.90. The number of aryl methyl sites for hydroxylation is 1. The van der Waals surface area contributed by atoms with Crippen molar-refractivity contribution in [3.05, 3.63) is 70.1 Å². The van der Waals surface area contributed by atoms with E-state index in [1.54, 1.807) is 0 Å². The molecule has 7 heteroatoms. The summed E-state index contributed by atoms with van der Waals surface area (Å²) in [5.41, 5.74) is 9.18. The molecule has 314 valence electrons. The van der Waals surface area contributed by atoms with Crippen LogP contribution in [0.1, 0.15) is 145 Å². The van der Waals surface area contributed by atoms with Crippen molar-refractivity contribution in [2.24, 2.45) is 63.9 Å². The smallest absolute Gasteiger partial charge is 0.339 e. The van der Waals surface area contributed by atoms with Crippen molar-refractivity contribution in [3.8, 4) is 0 Å². The van der Waals surface area contributed by atoms with Crippen LogP contribution in [0.25, 0.3) is 0 Å². The minimum Gasteiger partial charge on any atom is -0.449 e. The summed E-state index contributed by atoms with van der Waals surface area (Å²) in [7, 11) is 0. The number of nitrogens with two attached hydrogens (primary N) is 1. The van der Waals surface area contributed by atoms with Crippen LogP contribution in [0, 0.1) is 58.2 Å². The molecule has 0 amide bonds. The van der Waals surface area contributed by atoms with Crippen LogP contribution in [0.15, 0.2) is 53.5 Å². The highest BCUT2D eigenvalue weighted by molar-refractivity contribution is 5.99. The quantitative estimate of drug-likeness (QED) is 0.197. The summed E-state index contributed by atoms with van der Waals surface area (Å²) < 4.78 is 14.1. The lowest BCUT2D eigenvalue weighted by Gasteiger charge is -2.69. The van der Waals surface area contributed by atoms with Crippen molar-refractivity contribution >= 4 is 11.9 Å². The molecule has 10 atom stereocenters. The first kappa shape index (κ1) is 39.2. The van der Waals surface area contributed by atoms with Gasteiger partial charge in [-0.1, -0.05) is 95.7 Å². The van der Waals surface area contributed by atoms with Gasteiger partial charge in [-0.15, -0.1) is 0 Å². The van der Waals surface area contributed by atoms with E-state index < -0.39 is 16.4 Å². The highest BCUT2D eigenvalue weighted by atomic mass is 16.6. The van der Waals surface area contributed by atoms with E-state index >= 15 is 4.79 Å². The predicted molar refractivity (Wildman–Crippen MR) is 228 cm³/mol. The Kier molecular flexibility index (Phi) is 10.1. The van der Waals surface area contributed by atoms with E-state index in [-0.39, 0.29) is 17.9 Å². The molecule has 3 saturated heterocycles. The Balaban J connectivity index is 1.19. The Morgan fingerprint density at radius 1 is 0.948 bits per heavy atom. The largest absolute Gasteiger partial charge is 0.449 e. The highest BCUT2D eigenvalue weighted by Crippen LogP contribution is 2.85. The average Bonchev–Trinajstić information content (AvgIpc) is 3.66. The Labute approximate surface area is 348 Å². The minimum atomic E-state index is -0.960. The summed E-state index contributed by atoms with van der Waals surface area (Å²) in [5, 5.41) is 0. The van der Waals surface area contributed by atoms with Crippen molar-refractivity contribution in [1.82, 2.24) is 9.80 Å². The van der Waals surface area contributed by atoms with Crippen molar-refractivity contribution < 1.29 is 19.1 Å². The summed E-state index contributed by atoms with van der Waals surface area (Å²) >= 11 is 0. The fourth-order valence-corrected chi connectivity index (χ4v) is 15.0. The zero-order valence-corrected chi connectivity index (χ0v) is 36.1. The number of rotatable bonds is 9. The van der Waals surface area contributed by atoms with Crippen molar-refractivity contribution in [2.75, 3.05) is 32.7 Å². The molecule has 4 aliphatic carbocycles. The van der Waals surface area contributed by atoms with Gasteiger partial charge in [-0.2, -0.15) is 0 Å². The van der Waals surface area contributed by atoms with E-state index in [1.165, 1.54) is 62.9 Å². The number of allylic oxidation sites excluding steroid dienone is 2. The molecule has 5 fully saturated rings. The standard InChI is InChI=1S/C51H71N3O4/c1-32(2)15-16-34(4)25-44-49-27-39-21-22-50(49,51(44)41-14-8-12-38(13-9-23-52)46(41)47(55)58-51)45(57-48(49)56)20-19-42(37-10-6-5-7-11-37)53-28-35-26-36(29-53)31-54(30-35)43-18-17-33(3)24-40(39)43/h8,12,14,18,20,27,32-37,40,42,44H,5-7,9-11,13,15-17,19,21-26,28-31,52H2,1-4H3. The molecule has 2 N–H and O–H groups in total. The molecule has 8 bridgehead atoms. The molecule has 8 aliphatic heterocycles. The van der Waals surface area contributed by atoms with Crippen LogP contribution >= 0.6 is 0 Å². The summed E-state index contributed by atoms with van der Waals surface area (Å²) in [6.07, 6.45) is 24.8. The van der Waals surface area contributed by atoms with Gasteiger partial charge in [0.05, 0.1) is 11.0 Å². The fraction of sp³-hybridized carbons (Fsp3) is 0.725. The summed E-state index contributed by atoms with van der Waals surface area (Å²) in [5.74, 6) is 4.19. The van der Waals surface area contributed by atoms with E-state index in [0.29, 0.717) is 54.0 Å². The first-order valence-corrected chi connectivity index (χ1v) is 24.0. The zero-order chi connectivity index (χ0) is 40.0. The molecule has 1 aromatic carbocycles. The van der Waals surface area contributed by atoms with Crippen molar-refractivity contribution in [1.29, 1.82) is 0 Å². The minimum absolute atomic E-state index is 0.0934. The van der Waals surface area contributed by atoms with Gasteiger partial charge in [0.1, 0.15) is 11.2 Å². The van der Waals surface area contributed by atoms with Crippen LogP contribution in [0.2, 0.25) is 0 Å². The molecule has 13 rings (SSSR count). The topological polar surface area (TPSA) is 85.1 Å². The van der Waals surface area contributed by atoms with Crippen LogP contribution in [-0.4, -0.2) is 60.5 Å². The van der Waals surface area contributed by atoms with Crippen molar-refractivity contribution in [2.45, 2.75) is 142 Å². The number of hydrogen-bond donors (Lipinski definition) is 1. The zero-order valence-electron chi connectivity index (χ0n) is 36.1. The maximum atomic E-state index is 15.5. The molecule has 10 unspecified atom stereocenters. The van der Waals surface area contributed by atoms with Crippen LogP contribution in [0.3, 0.4) is 0 Å². The normalized spacial score (nSPS) is 39.5. The van der Waals surface area contributed by atoms with E-state index in [4.69, 9.17) is 15.2 Å². The number of esters is 2. The summed E-state index contributed by atoms with van der Waals surface area (Å²) in [4.78, 5) is 35.9. The molecule has 2 saturated carbocycles. The fourth-order valence-electron chi connectivity index (χ4n) is 15.0. The lowest BCUT2D eigenvalue weighted by molar-refractivity contribution is -0.274. The van der Waals surface area contributed by atoms with Gasteiger partial charge in [0.25, 0.3) is 0 Å². The van der Waals surface area contributed by atoms with Crippen molar-refractivity contribution in [3.63, 3.8) is 0 Å². The van der Waals surface area contributed by atoms with Gasteiger partial charge in [-0.3, -0.25) is 9.69 Å². The van der Waals surface area contributed by atoms with Crippen LogP contribution in [0.4, 0.5) is 0 Å². The molecule has 0 radical (unpaired) electrons. The molecule has 1 aromatic rings. The van der Waals surface area contributed by atoms with Crippen LogP contribution in [0.5, 0.6) is 0 Å². The second-order valence-corrected chi connectivity index (χ2v) is 21.5. The third kappa shape index (κ3) is 5.77. The maximum absolute atomic E-state index is 15.5. The second kappa shape index (κ2) is 14.9. The SMILES string of the molecule is CC(C)CCC(C)CC1C23C=C4CCC2(C(=CCC(C2CCCCC2)N2CC5CC(CN(C5)C5=CCC(C)CC45)C2)OC3=O)C12OC(=O)c1c(CCCN)cccc12. The number of benzene rings is 1. The lowest BCUT2D eigenvalue weighted by atomic mass is 9.31.